The van der Waals surface area contributed by atoms with Crippen LogP contribution in [0.1, 0.15) is 19.4 Å². The van der Waals surface area contributed by atoms with Crippen molar-refractivity contribution in [2.45, 2.75) is 13.8 Å². The lowest BCUT2D eigenvalue weighted by Crippen LogP contribution is -1.82. The summed E-state index contributed by atoms with van der Waals surface area (Å²) in [5.74, 6) is 0. The van der Waals surface area contributed by atoms with Crippen LogP contribution in [0.3, 0.4) is 0 Å². The highest BCUT2D eigenvalue weighted by molar-refractivity contribution is 5.71. The van der Waals surface area contributed by atoms with Crippen LogP contribution in [-0.4, -0.2) is 0 Å². The third-order valence-electron chi connectivity index (χ3n) is 2.86. The molecule has 0 N–H and O–H groups in total. The van der Waals surface area contributed by atoms with E-state index in [4.69, 9.17) is 0 Å². The molecule has 0 aromatic heterocycles. The number of hydrogen-bond acceptors (Lipinski definition) is 0. The van der Waals surface area contributed by atoms with Crippen LogP contribution in [0.4, 0.5) is 0 Å². The Kier molecular flexibility index (Phi) is 3.21. The summed E-state index contributed by atoms with van der Waals surface area (Å²) in [6, 6.07) is 19.1. The maximum absolute atomic E-state index is 2.24. The number of hydrogen-bond donors (Lipinski definition) is 0. The molecule has 2 aromatic carbocycles. The van der Waals surface area contributed by atoms with Crippen LogP contribution < -0.4 is 0 Å². The molecule has 2 aromatic rings. The second-order valence-corrected chi connectivity index (χ2v) is 3.92. The summed E-state index contributed by atoms with van der Waals surface area (Å²) >= 11 is 0. The predicted octanol–water partition coefficient (Wildman–Crippen LogP) is 4.78. The Balaban J connectivity index is 2.44. The van der Waals surface area contributed by atoms with E-state index < -0.39 is 0 Å². The smallest absolute Gasteiger partial charge is 0.0178 e. The Bertz CT molecular complexity index is 492. The van der Waals surface area contributed by atoms with Gasteiger partial charge in [-0.05, 0) is 42.2 Å². The minimum Gasteiger partial charge on any atom is -0.0841 e. The zero-order valence-electron chi connectivity index (χ0n) is 9.77. The first kappa shape index (κ1) is 10.7. The van der Waals surface area contributed by atoms with Gasteiger partial charge in [0.2, 0.25) is 0 Å². The Labute approximate surface area is 97.3 Å². The first-order chi connectivity index (χ1) is 7.81. The third kappa shape index (κ3) is 2.22. The predicted molar refractivity (Wildman–Crippen MR) is 71.2 cm³/mol. The monoisotopic (exact) mass is 208 g/mol. The summed E-state index contributed by atoms with van der Waals surface area (Å²) in [5.41, 5.74) is 5.16. The van der Waals surface area contributed by atoms with Crippen molar-refractivity contribution >= 4 is 5.57 Å². The number of benzene rings is 2. The Hall–Kier alpha value is -1.82. The van der Waals surface area contributed by atoms with Gasteiger partial charge in [0.05, 0.1) is 0 Å². The Morgan fingerprint density at radius 1 is 0.875 bits per heavy atom. The summed E-state index contributed by atoms with van der Waals surface area (Å²) in [6.45, 7) is 4.22. The van der Waals surface area contributed by atoms with Gasteiger partial charge >= 0.3 is 0 Å². The zero-order valence-corrected chi connectivity index (χ0v) is 9.77. The van der Waals surface area contributed by atoms with E-state index in [0.29, 0.717) is 0 Å². The minimum absolute atomic E-state index is 1.27. The molecule has 0 aliphatic heterocycles. The third-order valence-corrected chi connectivity index (χ3v) is 2.86. The summed E-state index contributed by atoms with van der Waals surface area (Å²) in [4.78, 5) is 0. The highest BCUT2D eigenvalue weighted by Gasteiger charge is 1.99. The van der Waals surface area contributed by atoms with Crippen molar-refractivity contribution < 1.29 is 0 Å². The molecule has 0 spiro atoms. The van der Waals surface area contributed by atoms with Crippen LogP contribution in [0, 0.1) is 0 Å². The van der Waals surface area contributed by atoms with E-state index in [1.807, 2.05) is 6.07 Å². The van der Waals surface area contributed by atoms with Gasteiger partial charge in [-0.15, -0.1) is 0 Å². The second kappa shape index (κ2) is 4.80. The molecule has 2 rings (SSSR count). The Morgan fingerprint density at radius 2 is 1.56 bits per heavy atom. The molecule has 0 aliphatic carbocycles. The normalized spacial score (nSPS) is 11.5. The van der Waals surface area contributed by atoms with Gasteiger partial charge < -0.3 is 0 Å². The van der Waals surface area contributed by atoms with Crippen LogP contribution in [0.5, 0.6) is 0 Å². The van der Waals surface area contributed by atoms with Crippen molar-refractivity contribution in [3.05, 3.63) is 66.2 Å². The van der Waals surface area contributed by atoms with Gasteiger partial charge in [0.25, 0.3) is 0 Å². The van der Waals surface area contributed by atoms with Crippen molar-refractivity contribution in [3.63, 3.8) is 0 Å². The Morgan fingerprint density at radius 3 is 2.25 bits per heavy atom. The molecule has 0 nitrogen and oxygen atoms in total. The lowest BCUT2D eigenvalue weighted by Gasteiger charge is -2.05. The van der Waals surface area contributed by atoms with E-state index in [9.17, 15) is 0 Å². The zero-order chi connectivity index (χ0) is 11.4. The number of allylic oxidation sites excluding steroid dienone is 2. The fourth-order valence-electron chi connectivity index (χ4n) is 1.74. The minimum atomic E-state index is 1.27. The summed E-state index contributed by atoms with van der Waals surface area (Å²) in [7, 11) is 0. The van der Waals surface area contributed by atoms with Crippen molar-refractivity contribution in [1.82, 2.24) is 0 Å². The van der Waals surface area contributed by atoms with Gasteiger partial charge in [0.1, 0.15) is 0 Å². The van der Waals surface area contributed by atoms with Crippen LogP contribution in [0.2, 0.25) is 0 Å². The van der Waals surface area contributed by atoms with E-state index in [0.717, 1.165) is 0 Å². The fraction of sp³-hybridized carbons (Fsp3) is 0.125. The van der Waals surface area contributed by atoms with Crippen molar-refractivity contribution in [3.8, 4) is 11.1 Å². The van der Waals surface area contributed by atoms with Crippen molar-refractivity contribution in [1.29, 1.82) is 0 Å². The van der Waals surface area contributed by atoms with Gasteiger partial charge in [-0.3, -0.25) is 0 Å². The van der Waals surface area contributed by atoms with Gasteiger partial charge in [0.15, 0.2) is 0 Å². The maximum atomic E-state index is 2.24. The summed E-state index contributed by atoms with van der Waals surface area (Å²) in [5, 5.41) is 0. The second-order valence-electron chi connectivity index (χ2n) is 3.92. The van der Waals surface area contributed by atoms with E-state index in [2.05, 4.69) is 68.5 Å². The molecule has 0 heterocycles. The van der Waals surface area contributed by atoms with Crippen LogP contribution >= 0.6 is 0 Å². The van der Waals surface area contributed by atoms with Crippen LogP contribution in [0.15, 0.2) is 60.7 Å². The van der Waals surface area contributed by atoms with Crippen molar-refractivity contribution in [2.24, 2.45) is 0 Å². The molecule has 0 fully saturated rings. The molecule has 0 atom stereocenters. The van der Waals surface area contributed by atoms with Crippen molar-refractivity contribution in [2.75, 3.05) is 0 Å². The fourth-order valence-corrected chi connectivity index (χ4v) is 1.74. The lowest BCUT2D eigenvalue weighted by molar-refractivity contribution is 1.53. The van der Waals surface area contributed by atoms with E-state index in [1.165, 1.54) is 22.3 Å². The molecule has 0 saturated carbocycles. The standard InChI is InChI=1S/C16H16/c1-3-13(2)15-10-7-11-16(12-15)14-8-5-4-6-9-14/h3-12H,1-2H3/b13-3-. The average molecular weight is 208 g/mol. The topological polar surface area (TPSA) is 0 Å². The average Bonchev–Trinajstić information content (AvgIpc) is 2.39. The first-order valence-corrected chi connectivity index (χ1v) is 5.60. The molecule has 0 radical (unpaired) electrons. The largest absolute Gasteiger partial charge is 0.0841 e. The van der Waals surface area contributed by atoms with Crippen LogP contribution in [-0.2, 0) is 0 Å². The van der Waals surface area contributed by atoms with Gasteiger partial charge in [-0.1, -0.05) is 54.6 Å². The van der Waals surface area contributed by atoms with Gasteiger partial charge in [0, 0.05) is 0 Å². The number of rotatable bonds is 2. The van der Waals surface area contributed by atoms with E-state index in [1.54, 1.807) is 0 Å². The maximum Gasteiger partial charge on any atom is -0.0178 e. The molecule has 0 bridgehead atoms. The van der Waals surface area contributed by atoms with Gasteiger partial charge in [-0.2, -0.15) is 0 Å². The lowest BCUT2D eigenvalue weighted by atomic mass is 10.00. The molecular weight excluding hydrogens is 192 g/mol. The first-order valence-electron chi connectivity index (χ1n) is 5.60. The molecule has 0 unspecified atom stereocenters. The molecule has 80 valence electrons. The molecule has 0 amide bonds. The van der Waals surface area contributed by atoms with Crippen LogP contribution in [0.25, 0.3) is 16.7 Å². The molecule has 0 aliphatic rings. The summed E-state index contributed by atoms with van der Waals surface area (Å²) < 4.78 is 0. The SMILES string of the molecule is C/C=C(/C)c1cccc(-c2ccccc2)c1. The highest BCUT2D eigenvalue weighted by atomic mass is 14.0. The molecule has 0 saturated heterocycles. The van der Waals surface area contributed by atoms with E-state index in [-0.39, 0.29) is 0 Å². The molecular formula is C16H16. The highest BCUT2D eigenvalue weighted by Crippen LogP contribution is 2.23. The summed E-state index contributed by atoms with van der Waals surface area (Å²) in [6.07, 6.45) is 2.14. The van der Waals surface area contributed by atoms with Gasteiger partial charge in [-0.25, -0.2) is 0 Å². The quantitative estimate of drug-likeness (QED) is 0.666. The van der Waals surface area contributed by atoms with E-state index >= 15 is 0 Å². The molecule has 16 heavy (non-hydrogen) atoms. The molecule has 0 heteroatoms.